The summed E-state index contributed by atoms with van der Waals surface area (Å²) in [5, 5.41) is 8.92. The maximum atomic E-state index is 8.92. The van der Waals surface area contributed by atoms with Crippen LogP contribution in [0.3, 0.4) is 0 Å². The predicted octanol–water partition coefficient (Wildman–Crippen LogP) is 1.97. The van der Waals surface area contributed by atoms with Gasteiger partial charge in [-0.1, -0.05) is 0 Å². The van der Waals surface area contributed by atoms with Crippen molar-refractivity contribution in [2.24, 2.45) is 0 Å². The van der Waals surface area contributed by atoms with Gasteiger partial charge < -0.3 is 29.4 Å². The highest BCUT2D eigenvalue weighted by Gasteiger charge is 2.20. The molecule has 1 heterocycles. The minimum atomic E-state index is -0.596. The Balaban J connectivity index is 3.24. The molecule has 1 aromatic rings. The standard InChI is InChI=1S/C9H10N2S2/c1-9(2,6-10)11-5-3-4-7(11)8(12)13/h3-5H,1-2H3,(H,12,13)/p-1. The average Bonchev–Trinajstić information content (AvgIpc) is 2.52. The van der Waals surface area contributed by atoms with E-state index in [9.17, 15) is 0 Å². The monoisotopic (exact) mass is 209 g/mol. The quantitative estimate of drug-likeness (QED) is 0.551. The van der Waals surface area contributed by atoms with Gasteiger partial charge in [-0.15, -0.1) is 4.20 Å². The summed E-state index contributed by atoms with van der Waals surface area (Å²) in [4.78, 5) is 0. The smallest absolute Gasteiger partial charge is 0.126 e. The van der Waals surface area contributed by atoms with Gasteiger partial charge >= 0.3 is 0 Å². The molecule has 4 heteroatoms. The number of thiocarbonyl (C=S) groups is 1. The van der Waals surface area contributed by atoms with Crippen molar-refractivity contribution in [3.63, 3.8) is 0 Å². The van der Waals surface area contributed by atoms with Crippen LogP contribution in [0, 0.1) is 11.3 Å². The molecule has 1 aromatic heterocycles. The molecular weight excluding hydrogens is 200 g/mol. The van der Waals surface area contributed by atoms with Gasteiger partial charge in [-0.25, -0.2) is 0 Å². The zero-order chi connectivity index (χ0) is 10.1. The fourth-order valence-electron chi connectivity index (χ4n) is 1.09. The van der Waals surface area contributed by atoms with E-state index in [2.05, 4.69) is 6.07 Å². The third-order valence-electron chi connectivity index (χ3n) is 1.83. The molecule has 1 rings (SSSR count). The van der Waals surface area contributed by atoms with Crippen molar-refractivity contribution in [2.75, 3.05) is 0 Å². The Kier molecular flexibility index (Phi) is 2.69. The van der Waals surface area contributed by atoms with Gasteiger partial charge in [0.05, 0.1) is 6.07 Å². The molecule has 0 aliphatic carbocycles. The topological polar surface area (TPSA) is 28.7 Å². The van der Waals surface area contributed by atoms with E-state index in [1.54, 1.807) is 4.57 Å². The van der Waals surface area contributed by atoms with Crippen LogP contribution in [0.25, 0.3) is 0 Å². The molecule has 0 amide bonds. The molecule has 0 unspecified atom stereocenters. The first kappa shape index (κ1) is 10.2. The normalized spacial score (nSPS) is 10.8. The van der Waals surface area contributed by atoms with Gasteiger partial charge in [0.2, 0.25) is 0 Å². The van der Waals surface area contributed by atoms with Crippen molar-refractivity contribution in [1.82, 2.24) is 4.57 Å². The van der Waals surface area contributed by atoms with Gasteiger partial charge in [-0.05, 0) is 26.0 Å². The lowest BCUT2D eigenvalue weighted by molar-refractivity contribution is 0.468. The molecule has 0 aliphatic rings. The van der Waals surface area contributed by atoms with E-state index in [1.165, 1.54) is 0 Å². The maximum Gasteiger partial charge on any atom is 0.126 e. The van der Waals surface area contributed by atoms with Gasteiger partial charge in [0.15, 0.2) is 0 Å². The molecule has 0 bridgehead atoms. The summed E-state index contributed by atoms with van der Waals surface area (Å²) in [6.45, 7) is 3.65. The second kappa shape index (κ2) is 3.44. The molecule has 0 aliphatic heterocycles. The van der Waals surface area contributed by atoms with Crippen LogP contribution in [0.1, 0.15) is 19.5 Å². The Morgan fingerprint density at radius 2 is 2.31 bits per heavy atom. The molecule has 0 aromatic carbocycles. The number of rotatable bonds is 2. The van der Waals surface area contributed by atoms with Crippen molar-refractivity contribution in [2.45, 2.75) is 19.4 Å². The molecule has 0 fully saturated rings. The van der Waals surface area contributed by atoms with Gasteiger partial charge in [0.1, 0.15) is 5.54 Å². The lowest BCUT2D eigenvalue weighted by Crippen LogP contribution is -2.26. The lowest BCUT2D eigenvalue weighted by Gasteiger charge is -2.22. The van der Waals surface area contributed by atoms with Crippen molar-refractivity contribution in [3.8, 4) is 6.07 Å². The van der Waals surface area contributed by atoms with Crippen LogP contribution >= 0.6 is 12.2 Å². The molecule has 68 valence electrons. The van der Waals surface area contributed by atoms with Crippen molar-refractivity contribution in [3.05, 3.63) is 24.0 Å². The molecule has 13 heavy (non-hydrogen) atoms. The van der Waals surface area contributed by atoms with Gasteiger partial charge in [-0.3, -0.25) is 0 Å². The molecule has 0 atom stereocenters. The zero-order valence-electron chi connectivity index (χ0n) is 7.44. The number of hydrogen-bond donors (Lipinski definition) is 0. The molecule has 2 nitrogen and oxygen atoms in total. The average molecular weight is 209 g/mol. The summed E-state index contributed by atoms with van der Waals surface area (Å²) in [7, 11) is 0. The number of nitriles is 1. The second-order valence-corrected chi connectivity index (χ2v) is 4.30. The minimum absolute atomic E-state index is 0.397. The van der Waals surface area contributed by atoms with Gasteiger partial charge in [-0.2, -0.15) is 5.26 Å². The third-order valence-corrected chi connectivity index (χ3v) is 2.25. The Labute approximate surface area is 88.6 Å². The SMILES string of the molecule is CC(C)(C#N)n1cccc1C(=S)[S-]. The highest BCUT2D eigenvalue weighted by molar-refractivity contribution is 8.01. The lowest BCUT2D eigenvalue weighted by atomic mass is 10.1. The van der Waals surface area contributed by atoms with E-state index < -0.39 is 5.54 Å². The van der Waals surface area contributed by atoms with E-state index >= 15 is 0 Å². The summed E-state index contributed by atoms with van der Waals surface area (Å²) in [6.07, 6.45) is 1.82. The first-order chi connectivity index (χ1) is 5.99. The molecule has 0 spiro atoms. The molecular formula is C9H9N2S2-. The van der Waals surface area contributed by atoms with Crippen molar-refractivity contribution in [1.29, 1.82) is 5.26 Å². The number of nitrogens with zero attached hydrogens (tertiary/aromatic N) is 2. The van der Waals surface area contributed by atoms with Crippen LogP contribution in [0.2, 0.25) is 0 Å². The van der Waals surface area contributed by atoms with E-state index in [4.69, 9.17) is 30.1 Å². The highest BCUT2D eigenvalue weighted by Crippen LogP contribution is 2.18. The third kappa shape index (κ3) is 1.87. The molecule has 0 saturated heterocycles. The first-order valence-electron chi connectivity index (χ1n) is 3.79. The Hall–Kier alpha value is -0.920. The summed E-state index contributed by atoms with van der Waals surface area (Å²) < 4.78 is 2.19. The second-order valence-electron chi connectivity index (χ2n) is 3.22. The summed E-state index contributed by atoms with van der Waals surface area (Å²) in [5.41, 5.74) is 0.165. The minimum Gasteiger partial charge on any atom is -0.427 e. The summed E-state index contributed by atoms with van der Waals surface area (Å²) in [5.74, 6) is 0. The maximum absolute atomic E-state index is 8.92. The summed E-state index contributed by atoms with van der Waals surface area (Å²) >= 11 is 9.81. The van der Waals surface area contributed by atoms with Crippen LogP contribution in [0.5, 0.6) is 0 Å². The Morgan fingerprint density at radius 3 is 2.77 bits per heavy atom. The zero-order valence-corrected chi connectivity index (χ0v) is 9.08. The van der Waals surface area contributed by atoms with Crippen LogP contribution < -0.4 is 0 Å². The largest absolute Gasteiger partial charge is 0.427 e. The Bertz CT molecular complexity index is 371. The number of aromatic nitrogens is 1. The van der Waals surface area contributed by atoms with Gasteiger partial charge in [0.25, 0.3) is 0 Å². The highest BCUT2D eigenvalue weighted by atomic mass is 32.1. The molecule has 0 saturated carbocycles. The van der Waals surface area contributed by atoms with Crippen molar-refractivity contribution < 1.29 is 0 Å². The van der Waals surface area contributed by atoms with Gasteiger partial charge in [0, 0.05) is 11.9 Å². The van der Waals surface area contributed by atoms with Crippen LogP contribution in [0.15, 0.2) is 18.3 Å². The molecule has 0 N–H and O–H groups in total. The fourth-order valence-corrected chi connectivity index (χ4v) is 1.42. The Morgan fingerprint density at radius 1 is 1.69 bits per heavy atom. The fraction of sp³-hybridized carbons (Fsp3) is 0.333. The predicted molar refractivity (Wildman–Crippen MR) is 58.4 cm³/mol. The van der Waals surface area contributed by atoms with E-state index in [-0.39, 0.29) is 0 Å². The van der Waals surface area contributed by atoms with E-state index in [0.29, 0.717) is 4.20 Å². The number of hydrogen-bond acceptors (Lipinski definition) is 3. The van der Waals surface area contributed by atoms with Crippen LogP contribution in [0.4, 0.5) is 0 Å². The van der Waals surface area contributed by atoms with Crippen LogP contribution in [-0.4, -0.2) is 8.76 Å². The first-order valence-corrected chi connectivity index (χ1v) is 4.61. The van der Waals surface area contributed by atoms with Crippen LogP contribution in [-0.2, 0) is 18.2 Å². The van der Waals surface area contributed by atoms with E-state index in [0.717, 1.165) is 5.69 Å². The van der Waals surface area contributed by atoms with E-state index in [1.807, 2.05) is 32.2 Å². The van der Waals surface area contributed by atoms with Crippen molar-refractivity contribution >= 4 is 29.0 Å². The summed E-state index contributed by atoms with van der Waals surface area (Å²) in [6, 6.07) is 5.86. The molecule has 0 radical (unpaired) electrons.